The first-order valence-corrected chi connectivity index (χ1v) is 9.51. The van der Waals surface area contributed by atoms with Crippen LogP contribution >= 0.6 is 0 Å². The highest BCUT2D eigenvalue weighted by Gasteiger charge is 2.37. The second-order valence-electron chi connectivity index (χ2n) is 7.48. The number of likely N-dealkylation sites (tertiary alicyclic amines) is 1. The summed E-state index contributed by atoms with van der Waals surface area (Å²) in [4.78, 5) is 14.9. The van der Waals surface area contributed by atoms with Gasteiger partial charge in [0.25, 0.3) is 5.91 Å². The lowest BCUT2D eigenvalue weighted by Crippen LogP contribution is -2.32. The molecular weight excluding hydrogens is 318 g/mol. The number of aromatic nitrogens is 4. The molecule has 1 saturated carbocycles. The first-order valence-electron chi connectivity index (χ1n) is 9.51. The summed E-state index contributed by atoms with van der Waals surface area (Å²) in [6.45, 7) is 1.71. The van der Waals surface area contributed by atoms with Crippen LogP contribution < -0.4 is 0 Å². The summed E-state index contributed by atoms with van der Waals surface area (Å²) >= 11 is 0. The molecule has 1 atom stereocenters. The van der Waals surface area contributed by atoms with Gasteiger partial charge < -0.3 is 14.0 Å². The minimum Gasteiger partial charge on any atom is -0.360 e. The second-order valence-corrected chi connectivity index (χ2v) is 7.48. The largest absolute Gasteiger partial charge is 0.360 e. The van der Waals surface area contributed by atoms with E-state index in [1.807, 2.05) is 11.0 Å². The molecule has 0 N–H and O–H groups in total. The zero-order chi connectivity index (χ0) is 16.8. The summed E-state index contributed by atoms with van der Waals surface area (Å²) < 4.78 is 7.62. The van der Waals surface area contributed by atoms with Crippen LogP contribution in [0.15, 0.2) is 10.6 Å². The van der Waals surface area contributed by atoms with E-state index in [1.54, 1.807) is 0 Å². The third-order valence-electron chi connectivity index (χ3n) is 5.68. The molecule has 0 spiro atoms. The fourth-order valence-electron chi connectivity index (χ4n) is 4.13. The maximum atomic E-state index is 13.0. The Hall–Kier alpha value is -2.18. The standard InChI is InChI=1S/C18H23N5O2/c24-18(13-11-15(25-21-13)12-7-8-12)22-10-4-5-14(22)17-20-19-16-6-2-1-3-9-23(16)17/h11-12,14H,1-10H2. The fourth-order valence-corrected chi connectivity index (χ4v) is 4.13. The number of amides is 1. The van der Waals surface area contributed by atoms with E-state index in [2.05, 4.69) is 19.9 Å². The van der Waals surface area contributed by atoms with Gasteiger partial charge in [0, 0.05) is 31.5 Å². The normalized spacial score (nSPS) is 23.5. The Morgan fingerprint density at radius 2 is 2.00 bits per heavy atom. The summed E-state index contributed by atoms with van der Waals surface area (Å²) in [6.07, 6.45) is 8.77. The zero-order valence-corrected chi connectivity index (χ0v) is 14.4. The van der Waals surface area contributed by atoms with E-state index in [1.165, 1.54) is 12.8 Å². The zero-order valence-electron chi connectivity index (χ0n) is 14.4. The Morgan fingerprint density at radius 1 is 1.08 bits per heavy atom. The predicted molar refractivity (Wildman–Crippen MR) is 89.1 cm³/mol. The fraction of sp³-hybridized carbons (Fsp3) is 0.667. The van der Waals surface area contributed by atoms with E-state index in [9.17, 15) is 4.79 Å². The van der Waals surface area contributed by atoms with Gasteiger partial charge in [-0.15, -0.1) is 10.2 Å². The van der Waals surface area contributed by atoms with Gasteiger partial charge in [-0.2, -0.15) is 0 Å². The summed E-state index contributed by atoms with van der Waals surface area (Å²) in [5, 5.41) is 12.9. The summed E-state index contributed by atoms with van der Waals surface area (Å²) in [6, 6.07) is 1.84. The molecule has 7 heteroatoms. The van der Waals surface area contributed by atoms with Crippen molar-refractivity contribution in [1.82, 2.24) is 24.8 Å². The molecule has 1 amide bonds. The highest BCUT2D eigenvalue weighted by atomic mass is 16.5. The monoisotopic (exact) mass is 341 g/mol. The maximum absolute atomic E-state index is 13.0. The van der Waals surface area contributed by atoms with Crippen LogP contribution in [-0.4, -0.2) is 37.3 Å². The third-order valence-corrected chi connectivity index (χ3v) is 5.68. The number of aryl methyl sites for hydroxylation is 1. The molecule has 0 aromatic carbocycles. The van der Waals surface area contributed by atoms with E-state index in [4.69, 9.17) is 4.52 Å². The van der Waals surface area contributed by atoms with Gasteiger partial charge in [-0.25, -0.2) is 0 Å². The average Bonchev–Trinajstić information content (AvgIpc) is 3.06. The molecule has 2 aromatic rings. The van der Waals surface area contributed by atoms with Gasteiger partial charge in [0.05, 0.1) is 6.04 Å². The van der Waals surface area contributed by atoms with Crippen LogP contribution in [0.25, 0.3) is 0 Å². The number of carbonyl (C=O) groups excluding carboxylic acids is 1. The number of rotatable bonds is 3. The van der Waals surface area contributed by atoms with Crippen molar-refractivity contribution in [1.29, 1.82) is 0 Å². The Kier molecular flexibility index (Phi) is 3.60. The molecule has 5 rings (SSSR count). The first kappa shape index (κ1) is 15.1. The van der Waals surface area contributed by atoms with Gasteiger partial charge in [-0.05, 0) is 38.5 Å². The van der Waals surface area contributed by atoms with Crippen LogP contribution in [-0.2, 0) is 13.0 Å². The minimum absolute atomic E-state index is 0.00734. The van der Waals surface area contributed by atoms with Crippen molar-refractivity contribution >= 4 is 5.91 Å². The SMILES string of the molecule is O=C(c1cc(C2CC2)on1)N1CCCC1c1nnc2n1CCCCC2. The van der Waals surface area contributed by atoms with Gasteiger partial charge in [-0.3, -0.25) is 4.79 Å². The Labute approximate surface area is 146 Å². The van der Waals surface area contributed by atoms with Crippen LogP contribution in [0.3, 0.4) is 0 Å². The molecule has 2 fully saturated rings. The van der Waals surface area contributed by atoms with Crippen molar-refractivity contribution in [2.45, 2.75) is 69.9 Å². The number of hydrogen-bond donors (Lipinski definition) is 0. The van der Waals surface area contributed by atoms with E-state index in [0.717, 1.165) is 69.0 Å². The highest BCUT2D eigenvalue weighted by molar-refractivity contribution is 5.92. The summed E-state index contributed by atoms with van der Waals surface area (Å²) in [5.74, 6) is 3.31. The average molecular weight is 341 g/mol. The number of carbonyl (C=O) groups is 1. The predicted octanol–water partition coefficient (Wildman–Crippen LogP) is 2.85. The van der Waals surface area contributed by atoms with E-state index < -0.39 is 0 Å². The van der Waals surface area contributed by atoms with Crippen LogP contribution in [0, 0.1) is 0 Å². The molecule has 4 heterocycles. The maximum Gasteiger partial charge on any atom is 0.276 e. The molecule has 3 aliphatic rings. The lowest BCUT2D eigenvalue weighted by molar-refractivity contribution is 0.0716. The first-order chi connectivity index (χ1) is 12.3. The quantitative estimate of drug-likeness (QED) is 0.858. The van der Waals surface area contributed by atoms with Crippen molar-refractivity contribution in [3.8, 4) is 0 Å². The number of fused-ring (bicyclic) bond motifs is 1. The molecule has 132 valence electrons. The van der Waals surface area contributed by atoms with Crippen LogP contribution in [0.1, 0.15) is 84.8 Å². The topological polar surface area (TPSA) is 77.1 Å². The molecule has 0 radical (unpaired) electrons. The Bertz CT molecular complexity index is 791. The number of hydrogen-bond acceptors (Lipinski definition) is 5. The summed E-state index contributed by atoms with van der Waals surface area (Å²) in [7, 11) is 0. The lowest BCUT2D eigenvalue weighted by atomic mass is 10.2. The number of nitrogens with zero attached hydrogens (tertiary/aromatic N) is 5. The molecular formula is C18H23N5O2. The molecule has 1 saturated heterocycles. The second kappa shape index (κ2) is 5.97. The van der Waals surface area contributed by atoms with Gasteiger partial charge in [0.15, 0.2) is 11.5 Å². The molecule has 1 aliphatic carbocycles. The Morgan fingerprint density at radius 3 is 2.88 bits per heavy atom. The van der Waals surface area contributed by atoms with Crippen LogP contribution in [0.4, 0.5) is 0 Å². The van der Waals surface area contributed by atoms with E-state index >= 15 is 0 Å². The smallest absolute Gasteiger partial charge is 0.276 e. The molecule has 0 bridgehead atoms. The molecule has 25 heavy (non-hydrogen) atoms. The van der Waals surface area contributed by atoms with Gasteiger partial charge in [-0.1, -0.05) is 11.6 Å². The van der Waals surface area contributed by atoms with Crippen LogP contribution in [0.5, 0.6) is 0 Å². The molecule has 2 aliphatic heterocycles. The molecule has 2 aromatic heterocycles. The van der Waals surface area contributed by atoms with Crippen molar-refractivity contribution < 1.29 is 9.32 Å². The molecule has 1 unspecified atom stereocenters. The van der Waals surface area contributed by atoms with Crippen molar-refractivity contribution in [2.75, 3.05) is 6.54 Å². The highest BCUT2D eigenvalue weighted by Crippen LogP contribution is 2.40. The molecule has 7 nitrogen and oxygen atoms in total. The van der Waals surface area contributed by atoms with E-state index in [0.29, 0.717) is 11.6 Å². The lowest BCUT2D eigenvalue weighted by Gasteiger charge is -2.23. The van der Waals surface area contributed by atoms with Crippen molar-refractivity contribution in [3.63, 3.8) is 0 Å². The third kappa shape index (κ3) is 2.65. The van der Waals surface area contributed by atoms with E-state index in [-0.39, 0.29) is 11.9 Å². The van der Waals surface area contributed by atoms with Gasteiger partial charge in [0.2, 0.25) is 0 Å². The van der Waals surface area contributed by atoms with Gasteiger partial charge >= 0.3 is 0 Å². The summed E-state index contributed by atoms with van der Waals surface area (Å²) in [5.41, 5.74) is 0.435. The Balaban J connectivity index is 1.41. The van der Waals surface area contributed by atoms with Crippen LogP contribution in [0.2, 0.25) is 0 Å². The van der Waals surface area contributed by atoms with Crippen molar-refractivity contribution in [3.05, 3.63) is 29.2 Å². The van der Waals surface area contributed by atoms with Crippen molar-refractivity contribution in [2.24, 2.45) is 0 Å². The minimum atomic E-state index is -0.0379. The van der Waals surface area contributed by atoms with Gasteiger partial charge in [0.1, 0.15) is 11.6 Å².